The second kappa shape index (κ2) is 4.58. The van der Waals surface area contributed by atoms with E-state index in [1.807, 2.05) is 0 Å². The van der Waals surface area contributed by atoms with E-state index >= 15 is 0 Å². The number of nitrogens with zero attached hydrogens (tertiary/aromatic N) is 1. The number of likely N-dealkylation sites (N-methyl/N-ethyl adjacent to an activating group) is 1. The predicted octanol–water partition coefficient (Wildman–Crippen LogP) is 0.740. The van der Waals surface area contributed by atoms with E-state index in [4.69, 9.17) is 9.47 Å². The molecule has 0 aromatic heterocycles. The van der Waals surface area contributed by atoms with E-state index in [1.165, 1.54) is 4.90 Å². The van der Waals surface area contributed by atoms with E-state index in [1.54, 1.807) is 34.9 Å². The Bertz CT molecular complexity index is 360. The molecule has 1 amide bonds. The fraction of sp³-hybridized carbons (Fsp3) is 0.667. The van der Waals surface area contributed by atoms with Crippen LogP contribution in [0.15, 0.2) is 12.2 Å². The van der Waals surface area contributed by atoms with Crippen LogP contribution in [-0.2, 0) is 19.1 Å². The lowest BCUT2D eigenvalue weighted by atomic mass is 10.0. The van der Waals surface area contributed by atoms with Gasteiger partial charge in [-0.15, -0.1) is 0 Å². The van der Waals surface area contributed by atoms with Crippen molar-refractivity contribution in [3.8, 4) is 0 Å². The van der Waals surface area contributed by atoms with Gasteiger partial charge in [0.1, 0.15) is 0 Å². The standard InChI is InChI=1S/C12H19NO4/c1-7(2)8(14)9-10(11(15)13(5)6)17-12(3,4)16-9/h9-10H,1H2,2-6H3/t9-,10+/m0/s1. The zero-order valence-corrected chi connectivity index (χ0v) is 10.9. The molecule has 0 spiro atoms. The number of Topliss-reactive ketones (excluding diaryl/α,β-unsaturated/α-hetero) is 1. The van der Waals surface area contributed by atoms with Crippen LogP contribution in [0, 0.1) is 0 Å². The van der Waals surface area contributed by atoms with Crippen molar-refractivity contribution in [3.63, 3.8) is 0 Å². The van der Waals surface area contributed by atoms with Gasteiger partial charge in [-0.3, -0.25) is 9.59 Å². The van der Waals surface area contributed by atoms with Gasteiger partial charge in [0.15, 0.2) is 23.8 Å². The summed E-state index contributed by atoms with van der Waals surface area (Å²) in [6.45, 7) is 8.52. The maximum absolute atomic E-state index is 11.9. The summed E-state index contributed by atoms with van der Waals surface area (Å²) in [6.07, 6.45) is -1.80. The third-order valence-electron chi connectivity index (χ3n) is 2.46. The summed E-state index contributed by atoms with van der Waals surface area (Å²) >= 11 is 0. The van der Waals surface area contributed by atoms with Crippen LogP contribution >= 0.6 is 0 Å². The van der Waals surface area contributed by atoms with Gasteiger partial charge in [0.05, 0.1) is 0 Å². The van der Waals surface area contributed by atoms with Gasteiger partial charge < -0.3 is 14.4 Å². The number of carbonyl (C=O) groups is 2. The SMILES string of the molecule is C=C(C)C(=O)[C@@H]1OC(C)(C)O[C@H]1C(=O)N(C)C. The molecule has 5 heteroatoms. The fourth-order valence-corrected chi connectivity index (χ4v) is 1.63. The number of amides is 1. The Morgan fingerprint density at radius 2 is 1.65 bits per heavy atom. The number of ketones is 1. The molecule has 0 radical (unpaired) electrons. The highest BCUT2D eigenvalue weighted by molar-refractivity contribution is 6.01. The van der Waals surface area contributed by atoms with Crippen LogP contribution in [0.5, 0.6) is 0 Å². The average Bonchev–Trinajstić information content (AvgIpc) is 2.51. The Hall–Kier alpha value is -1.20. The first kappa shape index (κ1) is 13.9. The fourth-order valence-electron chi connectivity index (χ4n) is 1.63. The minimum Gasteiger partial charge on any atom is -0.346 e. The molecule has 1 rings (SSSR count). The van der Waals surface area contributed by atoms with Crippen LogP contribution in [0.2, 0.25) is 0 Å². The smallest absolute Gasteiger partial charge is 0.254 e. The minimum absolute atomic E-state index is 0.282. The monoisotopic (exact) mass is 241 g/mol. The van der Waals surface area contributed by atoms with E-state index in [0.717, 1.165) is 0 Å². The second-order valence-corrected chi connectivity index (χ2v) is 4.85. The second-order valence-electron chi connectivity index (χ2n) is 4.85. The van der Waals surface area contributed by atoms with Gasteiger partial charge in [0, 0.05) is 14.1 Å². The molecule has 96 valence electrons. The van der Waals surface area contributed by atoms with E-state index in [0.29, 0.717) is 5.57 Å². The molecule has 1 heterocycles. The topological polar surface area (TPSA) is 55.8 Å². The summed E-state index contributed by atoms with van der Waals surface area (Å²) < 4.78 is 11.0. The molecule has 1 aliphatic heterocycles. The van der Waals surface area contributed by atoms with Crippen molar-refractivity contribution < 1.29 is 19.1 Å². The number of hydrogen-bond acceptors (Lipinski definition) is 4. The first-order chi connectivity index (χ1) is 7.65. The molecule has 5 nitrogen and oxygen atoms in total. The molecule has 0 aromatic carbocycles. The van der Waals surface area contributed by atoms with Gasteiger partial charge in [-0.25, -0.2) is 0 Å². The van der Waals surface area contributed by atoms with Gasteiger partial charge in [-0.1, -0.05) is 6.58 Å². The highest BCUT2D eigenvalue weighted by Crippen LogP contribution is 2.30. The molecule has 1 aliphatic rings. The molecule has 0 aliphatic carbocycles. The first-order valence-corrected chi connectivity index (χ1v) is 5.42. The Morgan fingerprint density at radius 3 is 2.06 bits per heavy atom. The van der Waals surface area contributed by atoms with Crippen LogP contribution in [0.1, 0.15) is 20.8 Å². The summed E-state index contributed by atoms with van der Waals surface area (Å²) in [4.78, 5) is 25.2. The molecule has 1 saturated heterocycles. The third kappa shape index (κ3) is 2.92. The summed E-state index contributed by atoms with van der Waals surface area (Å²) in [5.41, 5.74) is 0.354. The van der Waals surface area contributed by atoms with Crippen molar-refractivity contribution in [2.45, 2.75) is 38.8 Å². The number of carbonyl (C=O) groups excluding carboxylic acids is 2. The van der Waals surface area contributed by atoms with E-state index in [-0.39, 0.29) is 11.7 Å². The van der Waals surface area contributed by atoms with E-state index in [9.17, 15) is 9.59 Å². The van der Waals surface area contributed by atoms with Crippen LogP contribution in [0.25, 0.3) is 0 Å². The lowest BCUT2D eigenvalue weighted by Crippen LogP contribution is -2.43. The first-order valence-electron chi connectivity index (χ1n) is 5.42. The van der Waals surface area contributed by atoms with E-state index < -0.39 is 18.0 Å². The number of hydrogen-bond donors (Lipinski definition) is 0. The Kier molecular flexibility index (Phi) is 3.74. The molecule has 0 saturated carbocycles. The number of ether oxygens (including phenoxy) is 2. The van der Waals surface area contributed by atoms with Gasteiger partial charge in [-0.2, -0.15) is 0 Å². The van der Waals surface area contributed by atoms with Crippen molar-refractivity contribution in [2.75, 3.05) is 14.1 Å². The largest absolute Gasteiger partial charge is 0.346 e. The van der Waals surface area contributed by atoms with Gasteiger partial charge >= 0.3 is 0 Å². The molecular formula is C12H19NO4. The van der Waals surface area contributed by atoms with Gasteiger partial charge in [0.25, 0.3) is 5.91 Å². The minimum atomic E-state index is -0.938. The molecule has 0 bridgehead atoms. The molecule has 0 aromatic rings. The van der Waals surface area contributed by atoms with Crippen LogP contribution in [0.4, 0.5) is 0 Å². The molecular weight excluding hydrogens is 222 g/mol. The van der Waals surface area contributed by atoms with Gasteiger partial charge in [0.2, 0.25) is 0 Å². The van der Waals surface area contributed by atoms with Crippen molar-refractivity contribution in [3.05, 3.63) is 12.2 Å². The Balaban J connectivity index is 2.97. The van der Waals surface area contributed by atoms with Crippen LogP contribution in [-0.4, -0.2) is 48.7 Å². The van der Waals surface area contributed by atoms with Crippen molar-refractivity contribution >= 4 is 11.7 Å². The number of rotatable bonds is 3. The third-order valence-corrected chi connectivity index (χ3v) is 2.46. The molecule has 0 N–H and O–H groups in total. The predicted molar refractivity (Wildman–Crippen MR) is 62.3 cm³/mol. The molecule has 2 atom stereocenters. The Morgan fingerprint density at radius 1 is 1.18 bits per heavy atom. The van der Waals surface area contributed by atoms with Crippen molar-refractivity contribution in [1.29, 1.82) is 0 Å². The average molecular weight is 241 g/mol. The zero-order valence-electron chi connectivity index (χ0n) is 10.9. The van der Waals surface area contributed by atoms with Gasteiger partial charge in [-0.05, 0) is 26.3 Å². The maximum atomic E-state index is 11.9. The summed E-state index contributed by atoms with van der Waals surface area (Å²) in [6, 6.07) is 0. The molecule has 0 unspecified atom stereocenters. The van der Waals surface area contributed by atoms with E-state index in [2.05, 4.69) is 6.58 Å². The molecule has 1 fully saturated rings. The van der Waals surface area contributed by atoms with Crippen molar-refractivity contribution in [1.82, 2.24) is 4.90 Å². The zero-order chi connectivity index (χ0) is 13.4. The summed E-state index contributed by atoms with van der Waals surface area (Å²) in [5.74, 6) is -1.52. The highest BCUT2D eigenvalue weighted by Gasteiger charge is 2.49. The maximum Gasteiger partial charge on any atom is 0.254 e. The lowest BCUT2D eigenvalue weighted by Gasteiger charge is -2.19. The van der Waals surface area contributed by atoms with Crippen molar-refractivity contribution in [2.24, 2.45) is 0 Å². The van der Waals surface area contributed by atoms with Crippen LogP contribution in [0.3, 0.4) is 0 Å². The summed E-state index contributed by atoms with van der Waals surface area (Å²) in [7, 11) is 3.22. The molecule has 17 heavy (non-hydrogen) atoms. The highest BCUT2D eigenvalue weighted by atomic mass is 16.8. The normalized spacial score (nSPS) is 26.6. The Labute approximate surface area is 101 Å². The van der Waals surface area contributed by atoms with Crippen LogP contribution < -0.4 is 0 Å². The quantitative estimate of drug-likeness (QED) is 0.684. The lowest BCUT2D eigenvalue weighted by molar-refractivity contribution is -0.161. The summed E-state index contributed by atoms with van der Waals surface area (Å²) in [5, 5.41) is 0.